The molecule has 2 amide bonds. The van der Waals surface area contributed by atoms with Crippen LogP contribution < -0.4 is 5.32 Å². The number of fused-ring (bicyclic) bond motifs is 3. The smallest absolute Gasteiger partial charge is 0.407 e. The third kappa shape index (κ3) is 4.89. The number of ether oxygens (including phenoxy) is 1. The van der Waals surface area contributed by atoms with E-state index in [0.29, 0.717) is 5.75 Å². The molecule has 35 heavy (non-hydrogen) atoms. The zero-order valence-corrected chi connectivity index (χ0v) is 21.2. The van der Waals surface area contributed by atoms with Gasteiger partial charge in [-0.25, -0.2) is 9.59 Å². The number of carbonyl (C=O) groups is 3. The predicted octanol–water partition coefficient (Wildman–Crippen LogP) is 4.56. The molecule has 4 atom stereocenters. The molecule has 2 aliphatic rings. The van der Waals surface area contributed by atoms with E-state index in [1.54, 1.807) is 13.8 Å². The minimum Gasteiger partial charge on any atom is -0.480 e. The maximum absolute atomic E-state index is 13.3. The van der Waals surface area contributed by atoms with Crippen LogP contribution in [0.3, 0.4) is 0 Å². The normalized spacial score (nSPS) is 20.8. The van der Waals surface area contributed by atoms with Gasteiger partial charge in [-0.2, -0.15) is 0 Å². The summed E-state index contributed by atoms with van der Waals surface area (Å²) in [6.45, 7) is 7.61. The van der Waals surface area contributed by atoms with Crippen molar-refractivity contribution in [2.24, 2.45) is 11.8 Å². The highest BCUT2D eigenvalue weighted by molar-refractivity contribution is 8.00. The highest BCUT2D eigenvalue weighted by Gasteiger charge is 2.45. The molecule has 0 saturated carbocycles. The molecule has 0 bridgehead atoms. The Balaban J connectivity index is 1.39. The molecule has 2 N–H and O–H groups in total. The van der Waals surface area contributed by atoms with Crippen LogP contribution in [0.4, 0.5) is 4.79 Å². The third-order valence-corrected chi connectivity index (χ3v) is 8.59. The van der Waals surface area contributed by atoms with Crippen molar-refractivity contribution in [3.8, 4) is 11.1 Å². The Morgan fingerprint density at radius 2 is 1.60 bits per heavy atom. The van der Waals surface area contributed by atoms with E-state index < -0.39 is 30.1 Å². The van der Waals surface area contributed by atoms with Crippen molar-refractivity contribution >= 4 is 29.7 Å². The van der Waals surface area contributed by atoms with Crippen LogP contribution in [-0.2, 0) is 14.3 Å². The first-order valence-electron chi connectivity index (χ1n) is 12.0. The SMILES string of the molecule is CC(C)C1SCC(C(=O)O)N1C(=O)C(C)C(C)NC(=O)OCC1c2ccccc2-c2ccccc21. The number of carboxylic acids is 1. The number of aliphatic carboxylic acids is 1. The zero-order valence-electron chi connectivity index (χ0n) is 20.4. The maximum atomic E-state index is 13.3. The van der Waals surface area contributed by atoms with Gasteiger partial charge in [-0.3, -0.25) is 4.79 Å². The molecule has 1 aliphatic heterocycles. The van der Waals surface area contributed by atoms with Crippen molar-refractivity contribution < 1.29 is 24.2 Å². The molecule has 1 aliphatic carbocycles. The lowest BCUT2D eigenvalue weighted by Crippen LogP contribution is -2.52. The number of thioether (sulfide) groups is 1. The van der Waals surface area contributed by atoms with Crippen molar-refractivity contribution in [3.63, 3.8) is 0 Å². The fourth-order valence-corrected chi connectivity index (χ4v) is 6.39. The number of hydrogen-bond acceptors (Lipinski definition) is 5. The van der Waals surface area contributed by atoms with E-state index in [2.05, 4.69) is 29.6 Å². The van der Waals surface area contributed by atoms with Gasteiger partial charge < -0.3 is 20.1 Å². The van der Waals surface area contributed by atoms with Gasteiger partial charge in [0.1, 0.15) is 12.6 Å². The average molecular weight is 497 g/mol. The van der Waals surface area contributed by atoms with Crippen LogP contribution in [0.25, 0.3) is 11.1 Å². The number of nitrogens with zero attached hydrogens (tertiary/aromatic N) is 1. The lowest BCUT2D eigenvalue weighted by atomic mass is 9.98. The van der Waals surface area contributed by atoms with Crippen molar-refractivity contribution in [2.45, 2.75) is 51.1 Å². The number of carboxylic acid groups (broad SMARTS) is 1. The Bertz CT molecular complexity index is 1070. The van der Waals surface area contributed by atoms with E-state index in [9.17, 15) is 19.5 Å². The summed E-state index contributed by atoms with van der Waals surface area (Å²) in [5.74, 6) is -1.44. The highest BCUT2D eigenvalue weighted by Crippen LogP contribution is 2.44. The van der Waals surface area contributed by atoms with E-state index in [1.807, 2.05) is 38.1 Å². The molecule has 2 aromatic rings. The van der Waals surface area contributed by atoms with Gasteiger partial charge in [0, 0.05) is 17.7 Å². The molecule has 8 heteroatoms. The zero-order chi connectivity index (χ0) is 25.3. The Hall–Kier alpha value is -3.00. The van der Waals surface area contributed by atoms with Gasteiger partial charge in [0.2, 0.25) is 5.91 Å². The molecule has 1 heterocycles. The summed E-state index contributed by atoms with van der Waals surface area (Å²) in [7, 11) is 0. The Kier molecular flexibility index (Phi) is 7.40. The van der Waals surface area contributed by atoms with Crippen LogP contribution in [0.5, 0.6) is 0 Å². The molecule has 1 fully saturated rings. The molecule has 0 spiro atoms. The fraction of sp³-hybridized carbons (Fsp3) is 0.444. The predicted molar refractivity (Wildman–Crippen MR) is 136 cm³/mol. The molecule has 186 valence electrons. The lowest BCUT2D eigenvalue weighted by Gasteiger charge is -2.33. The summed E-state index contributed by atoms with van der Waals surface area (Å²) < 4.78 is 5.61. The Morgan fingerprint density at radius 3 is 2.14 bits per heavy atom. The molecule has 2 aromatic carbocycles. The van der Waals surface area contributed by atoms with Crippen LogP contribution in [0.2, 0.25) is 0 Å². The second-order valence-electron chi connectivity index (χ2n) is 9.61. The molecule has 1 saturated heterocycles. The molecule has 0 radical (unpaired) electrons. The van der Waals surface area contributed by atoms with Crippen molar-refractivity contribution in [2.75, 3.05) is 12.4 Å². The summed E-state index contributed by atoms with van der Waals surface area (Å²) in [5, 5.41) is 12.2. The van der Waals surface area contributed by atoms with Crippen LogP contribution in [0.15, 0.2) is 48.5 Å². The number of nitrogens with one attached hydrogen (secondary N) is 1. The van der Waals surface area contributed by atoms with E-state index in [0.717, 1.165) is 22.3 Å². The van der Waals surface area contributed by atoms with Crippen LogP contribution in [-0.4, -0.2) is 57.8 Å². The maximum Gasteiger partial charge on any atom is 0.407 e. The number of benzene rings is 2. The Labute approximate surface area is 210 Å². The van der Waals surface area contributed by atoms with Crippen LogP contribution in [0.1, 0.15) is 44.7 Å². The average Bonchev–Trinajstić information content (AvgIpc) is 3.42. The molecular formula is C27H32N2O5S. The second-order valence-corrected chi connectivity index (χ2v) is 10.8. The monoisotopic (exact) mass is 496 g/mol. The van der Waals surface area contributed by atoms with E-state index >= 15 is 0 Å². The van der Waals surface area contributed by atoms with E-state index in [-0.39, 0.29) is 29.7 Å². The summed E-state index contributed by atoms with van der Waals surface area (Å²) in [5.41, 5.74) is 4.56. The first-order valence-corrected chi connectivity index (χ1v) is 13.0. The first-order chi connectivity index (χ1) is 16.7. The van der Waals surface area contributed by atoms with Gasteiger partial charge in [0.25, 0.3) is 0 Å². The lowest BCUT2D eigenvalue weighted by molar-refractivity contribution is -0.151. The minimum absolute atomic E-state index is 0.0488. The number of amides is 2. The van der Waals surface area contributed by atoms with E-state index in [4.69, 9.17) is 4.74 Å². The van der Waals surface area contributed by atoms with Gasteiger partial charge in [-0.05, 0) is 35.1 Å². The van der Waals surface area contributed by atoms with Crippen molar-refractivity contribution in [1.82, 2.24) is 10.2 Å². The number of rotatable bonds is 7. The topological polar surface area (TPSA) is 95.9 Å². The second kappa shape index (κ2) is 10.3. The number of hydrogen-bond donors (Lipinski definition) is 2. The molecule has 0 aromatic heterocycles. The highest BCUT2D eigenvalue weighted by atomic mass is 32.2. The summed E-state index contributed by atoms with van der Waals surface area (Å²) >= 11 is 1.49. The van der Waals surface area contributed by atoms with Gasteiger partial charge >= 0.3 is 12.1 Å². The molecule has 4 rings (SSSR count). The van der Waals surface area contributed by atoms with Gasteiger partial charge in [-0.15, -0.1) is 11.8 Å². The third-order valence-electron chi connectivity index (χ3n) is 6.97. The van der Waals surface area contributed by atoms with Crippen LogP contribution in [0, 0.1) is 11.8 Å². The largest absolute Gasteiger partial charge is 0.480 e. The van der Waals surface area contributed by atoms with Crippen LogP contribution >= 0.6 is 11.8 Å². The standard InChI is InChI=1S/C27H32N2O5S/c1-15(2)25-29(23(14-35-25)26(31)32)24(30)16(3)17(4)28-27(33)34-13-22-20-11-7-5-9-18(20)19-10-6-8-12-21(19)22/h5-12,15-17,22-23,25H,13-14H2,1-4H3,(H,28,33)(H,31,32). The summed E-state index contributed by atoms with van der Waals surface area (Å²) in [4.78, 5) is 39.2. The molecule has 4 unspecified atom stereocenters. The fourth-order valence-electron chi connectivity index (χ4n) is 4.91. The number of alkyl carbamates (subject to hydrolysis) is 1. The van der Waals surface area contributed by atoms with E-state index in [1.165, 1.54) is 16.7 Å². The number of carbonyl (C=O) groups excluding carboxylic acids is 2. The quantitative estimate of drug-likeness (QED) is 0.583. The van der Waals surface area contributed by atoms with Gasteiger partial charge in [0.05, 0.1) is 11.3 Å². The molecule has 7 nitrogen and oxygen atoms in total. The first kappa shape index (κ1) is 25.1. The summed E-state index contributed by atoms with van der Waals surface area (Å²) in [6.07, 6.45) is -0.593. The van der Waals surface area contributed by atoms with Gasteiger partial charge in [-0.1, -0.05) is 69.3 Å². The minimum atomic E-state index is -1.00. The van der Waals surface area contributed by atoms with Crippen molar-refractivity contribution in [3.05, 3.63) is 59.7 Å². The summed E-state index contributed by atoms with van der Waals surface area (Å²) in [6, 6.07) is 14.9. The molecular weight excluding hydrogens is 464 g/mol. The van der Waals surface area contributed by atoms with Gasteiger partial charge in [0.15, 0.2) is 0 Å². The van der Waals surface area contributed by atoms with Crippen molar-refractivity contribution in [1.29, 1.82) is 0 Å². The Morgan fingerprint density at radius 1 is 1.03 bits per heavy atom.